The van der Waals surface area contributed by atoms with Crippen LogP contribution >= 0.6 is 0 Å². The van der Waals surface area contributed by atoms with Crippen LogP contribution in [-0.4, -0.2) is 18.2 Å². The van der Waals surface area contributed by atoms with Crippen LogP contribution in [0.15, 0.2) is 30.3 Å². The van der Waals surface area contributed by atoms with Crippen molar-refractivity contribution in [1.82, 2.24) is 4.98 Å². The number of anilines is 1. The lowest BCUT2D eigenvalue weighted by Gasteiger charge is -2.06. The summed E-state index contributed by atoms with van der Waals surface area (Å²) in [5, 5.41) is 1.13. The van der Waals surface area contributed by atoms with Gasteiger partial charge in [-0.15, -0.1) is 0 Å². The summed E-state index contributed by atoms with van der Waals surface area (Å²) in [6.45, 7) is 4.13. The third-order valence-corrected chi connectivity index (χ3v) is 4.92. The monoisotopic (exact) mass is 356 g/mol. The molecule has 0 amide bonds. The average Bonchev–Trinajstić information content (AvgIpc) is 2.66. The average molecular weight is 357 g/mol. The van der Waals surface area contributed by atoms with Gasteiger partial charge in [0.2, 0.25) is 0 Å². The summed E-state index contributed by atoms with van der Waals surface area (Å²) < 4.78 is 5.69. The Kier molecular flexibility index (Phi) is 10.1. The Morgan fingerprint density at radius 1 is 0.808 bits per heavy atom. The van der Waals surface area contributed by atoms with E-state index in [1.807, 2.05) is 12.1 Å². The molecule has 144 valence electrons. The minimum Gasteiger partial charge on any atom is -0.397 e. The number of ether oxygens (including phenoxy) is 1. The molecule has 1 aromatic carbocycles. The summed E-state index contributed by atoms with van der Waals surface area (Å²) in [5.74, 6) is 0. The first kappa shape index (κ1) is 20.7. The molecule has 0 unspecified atom stereocenters. The van der Waals surface area contributed by atoms with E-state index in [9.17, 15) is 0 Å². The summed E-state index contributed by atoms with van der Waals surface area (Å²) in [6, 6.07) is 10.2. The molecule has 0 aliphatic heterocycles. The molecular weight excluding hydrogens is 320 g/mol. The number of hydrogen-bond donors (Lipinski definition) is 1. The number of fused-ring (bicyclic) bond motifs is 1. The highest BCUT2D eigenvalue weighted by Gasteiger charge is 2.01. The molecule has 0 atom stereocenters. The number of nitrogens with two attached hydrogens (primary N) is 1. The van der Waals surface area contributed by atoms with Gasteiger partial charge in [0.15, 0.2) is 0 Å². The van der Waals surface area contributed by atoms with Crippen LogP contribution in [0.25, 0.3) is 10.9 Å². The van der Waals surface area contributed by atoms with Crippen molar-refractivity contribution in [2.45, 2.75) is 77.6 Å². The van der Waals surface area contributed by atoms with Crippen LogP contribution in [0.5, 0.6) is 0 Å². The molecule has 2 aromatic rings. The van der Waals surface area contributed by atoms with Crippen molar-refractivity contribution in [1.29, 1.82) is 0 Å². The second-order valence-electron chi connectivity index (χ2n) is 7.27. The van der Waals surface area contributed by atoms with Gasteiger partial charge in [-0.3, -0.25) is 4.98 Å². The number of aromatic nitrogens is 1. The molecule has 1 aromatic heterocycles. The first-order valence-electron chi connectivity index (χ1n) is 10.5. The van der Waals surface area contributed by atoms with Gasteiger partial charge in [-0.1, -0.05) is 70.1 Å². The Bertz CT molecular complexity index is 627. The van der Waals surface area contributed by atoms with E-state index >= 15 is 0 Å². The molecule has 0 saturated carbocycles. The maximum Gasteiger partial charge on any atom is 0.0934 e. The summed E-state index contributed by atoms with van der Waals surface area (Å²) in [5.41, 5.74) is 8.91. The number of aryl methyl sites for hydroxylation is 1. The van der Waals surface area contributed by atoms with Crippen LogP contribution in [0.3, 0.4) is 0 Å². The quantitative estimate of drug-likeness (QED) is 0.319. The molecule has 0 spiro atoms. The zero-order chi connectivity index (χ0) is 18.5. The van der Waals surface area contributed by atoms with Gasteiger partial charge in [0, 0.05) is 24.3 Å². The SMILES string of the molecule is CCCCCCOCCCCCCCCc1ccc2cccc(N)c2n1. The standard InChI is InChI=1S/C23H36N2O/c1-2-3-4-10-18-26-19-11-8-6-5-7-9-14-21-17-16-20-13-12-15-22(24)23(20)25-21/h12-13,15-17H,2-11,14,18-19,24H2,1H3. The first-order valence-corrected chi connectivity index (χ1v) is 10.5. The second-order valence-corrected chi connectivity index (χ2v) is 7.27. The minimum atomic E-state index is 0.775. The lowest BCUT2D eigenvalue weighted by molar-refractivity contribution is 0.125. The molecule has 1 heterocycles. The van der Waals surface area contributed by atoms with E-state index in [2.05, 4.69) is 25.1 Å². The van der Waals surface area contributed by atoms with Crippen molar-refractivity contribution in [3.05, 3.63) is 36.0 Å². The predicted octanol–water partition coefficient (Wildman–Crippen LogP) is 6.30. The molecule has 3 heteroatoms. The minimum absolute atomic E-state index is 0.775. The van der Waals surface area contributed by atoms with Crippen molar-refractivity contribution in [2.75, 3.05) is 18.9 Å². The predicted molar refractivity (Wildman–Crippen MR) is 113 cm³/mol. The number of nitrogen functional groups attached to an aromatic ring is 1. The van der Waals surface area contributed by atoms with Gasteiger partial charge in [0.05, 0.1) is 11.2 Å². The van der Waals surface area contributed by atoms with Gasteiger partial charge >= 0.3 is 0 Å². The normalized spacial score (nSPS) is 11.3. The highest BCUT2D eigenvalue weighted by atomic mass is 16.5. The van der Waals surface area contributed by atoms with Gasteiger partial charge in [0.25, 0.3) is 0 Å². The third-order valence-electron chi connectivity index (χ3n) is 4.92. The smallest absolute Gasteiger partial charge is 0.0934 e. The molecule has 0 aliphatic carbocycles. The topological polar surface area (TPSA) is 48.1 Å². The fraction of sp³-hybridized carbons (Fsp3) is 0.609. The lowest BCUT2D eigenvalue weighted by atomic mass is 10.1. The van der Waals surface area contributed by atoms with Gasteiger partial charge in [0.1, 0.15) is 0 Å². The van der Waals surface area contributed by atoms with Crippen molar-refractivity contribution >= 4 is 16.6 Å². The molecule has 2 rings (SSSR count). The summed E-state index contributed by atoms with van der Waals surface area (Å²) in [6.07, 6.45) is 13.8. The first-order chi connectivity index (χ1) is 12.8. The Labute approximate surface area is 159 Å². The molecular formula is C23H36N2O. The number of benzene rings is 1. The molecule has 2 N–H and O–H groups in total. The molecule has 3 nitrogen and oxygen atoms in total. The molecule has 0 radical (unpaired) electrons. The van der Waals surface area contributed by atoms with Crippen LogP contribution in [0, 0.1) is 0 Å². The van der Waals surface area contributed by atoms with E-state index < -0.39 is 0 Å². The van der Waals surface area contributed by atoms with Gasteiger partial charge in [-0.25, -0.2) is 0 Å². The summed E-state index contributed by atoms with van der Waals surface area (Å²) >= 11 is 0. The summed E-state index contributed by atoms with van der Waals surface area (Å²) in [4.78, 5) is 4.73. The van der Waals surface area contributed by atoms with E-state index in [0.29, 0.717) is 0 Å². The molecule has 0 saturated heterocycles. The number of para-hydroxylation sites is 1. The second kappa shape index (κ2) is 12.7. The Morgan fingerprint density at radius 3 is 2.27 bits per heavy atom. The van der Waals surface area contributed by atoms with Gasteiger partial charge in [-0.05, 0) is 37.8 Å². The van der Waals surface area contributed by atoms with Crippen LogP contribution in [0.1, 0.15) is 76.8 Å². The van der Waals surface area contributed by atoms with Gasteiger partial charge in [-0.2, -0.15) is 0 Å². The Hall–Kier alpha value is -1.61. The van der Waals surface area contributed by atoms with Crippen molar-refractivity contribution in [2.24, 2.45) is 0 Å². The molecule has 0 aliphatic rings. The highest BCUT2D eigenvalue weighted by molar-refractivity contribution is 5.89. The lowest BCUT2D eigenvalue weighted by Crippen LogP contribution is -1.97. The Balaban J connectivity index is 1.48. The fourth-order valence-electron chi connectivity index (χ4n) is 3.30. The molecule has 0 bridgehead atoms. The van der Waals surface area contributed by atoms with Gasteiger partial charge < -0.3 is 10.5 Å². The van der Waals surface area contributed by atoms with Crippen LogP contribution in [0.2, 0.25) is 0 Å². The van der Waals surface area contributed by atoms with E-state index in [1.54, 1.807) is 0 Å². The largest absolute Gasteiger partial charge is 0.397 e. The van der Waals surface area contributed by atoms with E-state index in [0.717, 1.165) is 41.9 Å². The molecule has 0 fully saturated rings. The van der Waals surface area contributed by atoms with E-state index in [4.69, 9.17) is 15.5 Å². The van der Waals surface area contributed by atoms with Crippen LogP contribution < -0.4 is 5.73 Å². The van der Waals surface area contributed by atoms with Crippen LogP contribution in [-0.2, 0) is 11.2 Å². The van der Waals surface area contributed by atoms with E-state index in [1.165, 1.54) is 64.2 Å². The fourth-order valence-corrected chi connectivity index (χ4v) is 3.30. The summed E-state index contributed by atoms with van der Waals surface area (Å²) in [7, 11) is 0. The third kappa shape index (κ3) is 7.74. The highest BCUT2D eigenvalue weighted by Crippen LogP contribution is 2.19. The number of unbranched alkanes of at least 4 members (excludes halogenated alkanes) is 8. The number of pyridine rings is 1. The number of rotatable bonds is 14. The number of nitrogens with zero attached hydrogens (tertiary/aromatic N) is 1. The number of hydrogen-bond acceptors (Lipinski definition) is 3. The zero-order valence-electron chi connectivity index (χ0n) is 16.5. The Morgan fingerprint density at radius 2 is 1.50 bits per heavy atom. The van der Waals surface area contributed by atoms with Crippen molar-refractivity contribution in [3.8, 4) is 0 Å². The van der Waals surface area contributed by atoms with Crippen molar-refractivity contribution < 1.29 is 4.74 Å². The zero-order valence-corrected chi connectivity index (χ0v) is 16.5. The maximum absolute atomic E-state index is 6.03. The maximum atomic E-state index is 6.03. The van der Waals surface area contributed by atoms with Crippen molar-refractivity contribution in [3.63, 3.8) is 0 Å². The van der Waals surface area contributed by atoms with Crippen LogP contribution in [0.4, 0.5) is 5.69 Å². The molecule has 26 heavy (non-hydrogen) atoms. The van der Waals surface area contributed by atoms with E-state index in [-0.39, 0.29) is 0 Å².